The van der Waals surface area contributed by atoms with Gasteiger partial charge < -0.3 is 9.64 Å². The summed E-state index contributed by atoms with van der Waals surface area (Å²) in [6.45, 7) is 1.64. The van der Waals surface area contributed by atoms with Gasteiger partial charge in [0.2, 0.25) is 5.91 Å². The van der Waals surface area contributed by atoms with E-state index in [-0.39, 0.29) is 30.3 Å². The SMILES string of the molecule is COc1ccc(F)cc1C(=O)CN1CCCN(C)C(=O)C1. The molecule has 0 unspecified atom stereocenters. The Morgan fingerprint density at radius 2 is 2.14 bits per heavy atom. The van der Waals surface area contributed by atoms with Crippen molar-refractivity contribution in [1.82, 2.24) is 9.80 Å². The molecule has 6 heteroatoms. The molecule has 2 rings (SSSR count). The Kier molecular flexibility index (Phi) is 4.90. The molecule has 0 aliphatic carbocycles. The maximum Gasteiger partial charge on any atom is 0.236 e. The number of rotatable bonds is 4. The minimum Gasteiger partial charge on any atom is -0.496 e. The molecule has 1 aromatic rings. The number of amides is 1. The van der Waals surface area contributed by atoms with Crippen LogP contribution in [-0.2, 0) is 4.79 Å². The van der Waals surface area contributed by atoms with E-state index in [0.717, 1.165) is 6.42 Å². The normalized spacial score (nSPS) is 16.7. The fourth-order valence-corrected chi connectivity index (χ4v) is 2.37. The quantitative estimate of drug-likeness (QED) is 0.783. The van der Waals surface area contributed by atoms with Crippen molar-refractivity contribution in [1.29, 1.82) is 0 Å². The van der Waals surface area contributed by atoms with E-state index >= 15 is 0 Å². The summed E-state index contributed by atoms with van der Waals surface area (Å²) < 4.78 is 18.4. The Morgan fingerprint density at radius 3 is 2.86 bits per heavy atom. The first-order valence-corrected chi connectivity index (χ1v) is 6.84. The van der Waals surface area contributed by atoms with Crippen LogP contribution in [0.15, 0.2) is 18.2 Å². The van der Waals surface area contributed by atoms with E-state index in [0.29, 0.717) is 18.8 Å². The standard InChI is InChI=1S/C15H19FN2O3/c1-17-6-3-7-18(10-15(17)20)9-13(19)12-8-11(16)4-5-14(12)21-2/h4-5,8H,3,6-7,9-10H2,1-2H3. The maximum atomic E-state index is 13.3. The number of methoxy groups -OCH3 is 1. The molecule has 21 heavy (non-hydrogen) atoms. The lowest BCUT2D eigenvalue weighted by Crippen LogP contribution is -2.37. The topological polar surface area (TPSA) is 49.9 Å². The Labute approximate surface area is 123 Å². The van der Waals surface area contributed by atoms with Gasteiger partial charge in [-0.05, 0) is 24.6 Å². The van der Waals surface area contributed by atoms with Crippen LogP contribution in [0.3, 0.4) is 0 Å². The van der Waals surface area contributed by atoms with Crippen LogP contribution < -0.4 is 4.74 Å². The lowest BCUT2D eigenvalue weighted by Gasteiger charge is -2.19. The highest BCUT2D eigenvalue weighted by Crippen LogP contribution is 2.20. The van der Waals surface area contributed by atoms with Gasteiger partial charge in [0.1, 0.15) is 11.6 Å². The molecular weight excluding hydrogens is 275 g/mol. The Hall–Kier alpha value is -1.95. The molecule has 1 heterocycles. The second-order valence-corrected chi connectivity index (χ2v) is 5.15. The lowest BCUT2D eigenvalue weighted by molar-refractivity contribution is -0.129. The second-order valence-electron chi connectivity index (χ2n) is 5.15. The molecule has 0 bridgehead atoms. The van der Waals surface area contributed by atoms with Crippen LogP contribution in [0.25, 0.3) is 0 Å². The average molecular weight is 294 g/mol. The minimum atomic E-state index is -0.481. The molecule has 0 spiro atoms. The van der Waals surface area contributed by atoms with Gasteiger partial charge in [-0.3, -0.25) is 14.5 Å². The minimum absolute atomic E-state index is 0.00786. The van der Waals surface area contributed by atoms with Crippen LogP contribution >= 0.6 is 0 Å². The highest BCUT2D eigenvalue weighted by molar-refractivity contribution is 6.00. The fourth-order valence-electron chi connectivity index (χ4n) is 2.37. The first kappa shape index (κ1) is 15.4. The Morgan fingerprint density at radius 1 is 1.38 bits per heavy atom. The third-order valence-electron chi connectivity index (χ3n) is 3.58. The summed E-state index contributed by atoms with van der Waals surface area (Å²) in [5, 5.41) is 0. The first-order valence-electron chi connectivity index (χ1n) is 6.84. The summed E-state index contributed by atoms with van der Waals surface area (Å²) in [7, 11) is 3.19. The van der Waals surface area contributed by atoms with Crippen LogP contribution in [0, 0.1) is 5.82 Å². The van der Waals surface area contributed by atoms with Crippen molar-refractivity contribution in [2.45, 2.75) is 6.42 Å². The van der Waals surface area contributed by atoms with Crippen molar-refractivity contribution in [3.63, 3.8) is 0 Å². The molecule has 0 aromatic heterocycles. The number of hydrogen-bond acceptors (Lipinski definition) is 4. The smallest absolute Gasteiger partial charge is 0.236 e. The monoisotopic (exact) mass is 294 g/mol. The largest absolute Gasteiger partial charge is 0.496 e. The molecule has 0 N–H and O–H groups in total. The number of Topliss-reactive ketones (excluding diaryl/α,β-unsaturated/α-hetero) is 1. The first-order chi connectivity index (χ1) is 10.0. The van der Waals surface area contributed by atoms with Gasteiger partial charge in [0.25, 0.3) is 0 Å². The van der Waals surface area contributed by atoms with E-state index in [2.05, 4.69) is 0 Å². The summed E-state index contributed by atoms with van der Waals surface area (Å²) in [5.41, 5.74) is 0.211. The molecule has 1 aliphatic rings. The molecule has 1 aromatic carbocycles. The Balaban J connectivity index is 2.10. The summed E-state index contributed by atoms with van der Waals surface area (Å²) in [6, 6.07) is 3.86. The number of carbonyl (C=O) groups is 2. The maximum absolute atomic E-state index is 13.3. The van der Waals surface area contributed by atoms with Crippen LogP contribution in [0.4, 0.5) is 4.39 Å². The third kappa shape index (κ3) is 3.78. The van der Waals surface area contributed by atoms with Gasteiger partial charge in [0.15, 0.2) is 5.78 Å². The zero-order chi connectivity index (χ0) is 15.4. The summed E-state index contributed by atoms with van der Waals surface area (Å²) in [6.07, 6.45) is 0.815. The van der Waals surface area contributed by atoms with Crippen LogP contribution in [0.5, 0.6) is 5.75 Å². The van der Waals surface area contributed by atoms with Crippen LogP contribution in [0.2, 0.25) is 0 Å². The number of ether oxygens (including phenoxy) is 1. The molecule has 0 atom stereocenters. The molecule has 1 amide bonds. The second kappa shape index (κ2) is 6.67. The molecule has 114 valence electrons. The summed E-state index contributed by atoms with van der Waals surface area (Å²) in [5.74, 6) is -0.388. The highest BCUT2D eigenvalue weighted by Gasteiger charge is 2.22. The predicted molar refractivity (Wildman–Crippen MR) is 76.0 cm³/mol. The van der Waals surface area contributed by atoms with E-state index < -0.39 is 5.82 Å². The average Bonchev–Trinajstić information content (AvgIpc) is 2.61. The van der Waals surface area contributed by atoms with Crippen LogP contribution in [0.1, 0.15) is 16.8 Å². The van der Waals surface area contributed by atoms with E-state index in [4.69, 9.17) is 4.74 Å². The van der Waals surface area contributed by atoms with Crippen molar-refractivity contribution in [2.24, 2.45) is 0 Å². The van der Waals surface area contributed by atoms with Crippen LogP contribution in [-0.4, -0.2) is 61.8 Å². The van der Waals surface area contributed by atoms with Crippen molar-refractivity contribution < 1.29 is 18.7 Å². The van der Waals surface area contributed by atoms with Gasteiger partial charge in [-0.2, -0.15) is 0 Å². The number of nitrogens with zero attached hydrogens (tertiary/aromatic N) is 2. The predicted octanol–water partition coefficient (Wildman–Crippen LogP) is 1.18. The van der Waals surface area contributed by atoms with Crippen molar-refractivity contribution in [3.8, 4) is 5.75 Å². The number of carbonyl (C=O) groups excluding carboxylic acids is 2. The number of benzene rings is 1. The van der Waals surface area contributed by atoms with Gasteiger partial charge >= 0.3 is 0 Å². The van der Waals surface area contributed by atoms with Gasteiger partial charge in [0, 0.05) is 20.1 Å². The zero-order valence-corrected chi connectivity index (χ0v) is 12.3. The zero-order valence-electron chi connectivity index (χ0n) is 12.3. The van der Waals surface area contributed by atoms with Gasteiger partial charge in [-0.1, -0.05) is 0 Å². The highest BCUT2D eigenvalue weighted by atomic mass is 19.1. The number of halogens is 1. The van der Waals surface area contributed by atoms with Gasteiger partial charge in [-0.25, -0.2) is 4.39 Å². The van der Waals surface area contributed by atoms with E-state index in [1.54, 1.807) is 16.8 Å². The van der Waals surface area contributed by atoms with Crippen molar-refractivity contribution in [3.05, 3.63) is 29.6 Å². The summed E-state index contributed by atoms with van der Waals surface area (Å²) >= 11 is 0. The van der Waals surface area contributed by atoms with Crippen molar-refractivity contribution >= 4 is 11.7 Å². The molecular formula is C15H19FN2O3. The number of likely N-dealkylation sites (N-methyl/N-ethyl adjacent to an activating group) is 1. The third-order valence-corrected chi connectivity index (χ3v) is 3.58. The van der Waals surface area contributed by atoms with E-state index in [1.807, 2.05) is 0 Å². The molecule has 5 nitrogen and oxygen atoms in total. The molecule has 0 radical (unpaired) electrons. The van der Waals surface area contributed by atoms with Crippen molar-refractivity contribution in [2.75, 3.05) is 40.3 Å². The molecule has 1 fully saturated rings. The fraction of sp³-hybridized carbons (Fsp3) is 0.467. The summed E-state index contributed by atoms with van der Waals surface area (Å²) in [4.78, 5) is 27.6. The molecule has 1 aliphatic heterocycles. The Bertz CT molecular complexity index is 548. The number of ketones is 1. The molecule has 1 saturated heterocycles. The molecule has 0 saturated carbocycles. The lowest BCUT2D eigenvalue weighted by atomic mass is 10.1. The van der Waals surface area contributed by atoms with E-state index in [1.165, 1.54) is 25.3 Å². The van der Waals surface area contributed by atoms with Gasteiger partial charge in [-0.15, -0.1) is 0 Å². The van der Waals surface area contributed by atoms with Gasteiger partial charge in [0.05, 0.1) is 25.8 Å². The number of hydrogen-bond donors (Lipinski definition) is 0. The van der Waals surface area contributed by atoms with E-state index in [9.17, 15) is 14.0 Å².